The molecule has 5 atom stereocenters. The summed E-state index contributed by atoms with van der Waals surface area (Å²) in [7, 11) is 1.38. The minimum atomic E-state index is -1.48. The summed E-state index contributed by atoms with van der Waals surface area (Å²) in [5, 5.41) is 20.8. The molecule has 1 aliphatic heterocycles. The molecule has 2 N–H and O–H groups in total. The van der Waals surface area contributed by atoms with Crippen LogP contribution in [0.4, 0.5) is 0 Å². The Labute approximate surface area is 234 Å². The van der Waals surface area contributed by atoms with Gasteiger partial charge in [0.1, 0.15) is 12.2 Å². The molecule has 1 saturated heterocycles. The van der Waals surface area contributed by atoms with Crippen LogP contribution in [0.5, 0.6) is 0 Å². The van der Waals surface area contributed by atoms with E-state index in [0.29, 0.717) is 12.8 Å². The molecule has 0 spiro atoms. The molecule has 1 heterocycles. The van der Waals surface area contributed by atoms with Crippen LogP contribution in [0, 0.1) is 0 Å². The smallest absolute Gasteiger partial charge is 0.338 e. The fourth-order valence-corrected chi connectivity index (χ4v) is 4.35. The second-order valence-corrected chi connectivity index (χ2v) is 9.51. The Morgan fingerprint density at radius 2 is 1.30 bits per heavy atom. The molecule has 0 bridgehead atoms. The number of methoxy groups -OCH3 is 1. The predicted molar refractivity (Wildman–Crippen MR) is 143 cm³/mol. The van der Waals surface area contributed by atoms with E-state index >= 15 is 0 Å². The van der Waals surface area contributed by atoms with Crippen molar-refractivity contribution in [2.24, 2.45) is 0 Å². The molecule has 2 aromatic carbocycles. The first kappa shape index (κ1) is 31.2. The number of carbonyl (C=O) groups is 3. The molecule has 218 valence electrons. The Bertz CT molecular complexity index is 1040. The van der Waals surface area contributed by atoms with Crippen molar-refractivity contribution in [2.75, 3.05) is 20.3 Å². The van der Waals surface area contributed by atoms with Crippen molar-refractivity contribution < 1.29 is 48.3 Å². The maximum Gasteiger partial charge on any atom is 0.338 e. The van der Waals surface area contributed by atoms with E-state index in [2.05, 4.69) is 4.74 Å². The highest BCUT2D eigenvalue weighted by Crippen LogP contribution is 2.29. The van der Waals surface area contributed by atoms with Gasteiger partial charge in [-0.25, -0.2) is 9.59 Å². The summed E-state index contributed by atoms with van der Waals surface area (Å²) in [6.45, 7) is -0.314. The van der Waals surface area contributed by atoms with Gasteiger partial charge in [0.05, 0.1) is 24.8 Å². The van der Waals surface area contributed by atoms with E-state index in [0.717, 1.165) is 32.1 Å². The first-order valence-electron chi connectivity index (χ1n) is 13.6. The van der Waals surface area contributed by atoms with Crippen LogP contribution in [-0.4, -0.2) is 79.2 Å². The van der Waals surface area contributed by atoms with E-state index in [1.807, 2.05) is 0 Å². The van der Waals surface area contributed by atoms with Gasteiger partial charge in [-0.2, -0.15) is 0 Å². The maximum absolute atomic E-state index is 12.9. The third-order valence-electron chi connectivity index (χ3n) is 6.59. The third kappa shape index (κ3) is 9.41. The van der Waals surface area contributed by atoms with Gasteiger partial charge in [-0.15, -0.1) is 0 Å². The van der Waals surface area contributed by atoms with Gasteiger partial charge < -0.3 is 33.9 Å². The molecule has 3 rings (SSSR count). The van der Waals surface area contributed by atoms with Crippen molar-refractivity contribution in [3.63, 3.8) is 0 Å². The molecule has 2 aromatic rings. The molecule has 1 aliphatic rings. The summed E-state index contributed by atoms with van der Waals surface area (Å²) in [6, 6.07) is 16.5. The van der Waals surface area contributed by atoms with Crippen molar-refractivity contribution in [3.8, 4) is 0 Å². The monoisotopic (exact) mass is 558 g/mol. The van der Waals surface area contributed by atoms with E-state index in [9.17, 15) is 24.6 Å². The van der Waals surface area contributed by atoms with Crippen LogP contribution < -0.4 is 0 Å². The normalized spacial score (nSPS) is 22.3. The van der Waals surface area contributed by atoms with E-state index in [-0.39, 0.29) is 23.7 Å². The fraction of sp³-hybridized carbons (Fsp3) is 0.500. The van der Waals surface area contributed by atoms with Gasteiger partial charge in [-0.1, -0.05) is 62.1 Å². The lowest BCUT2D eigenvalue weighted by Gasteiger charge is -2.42. The average molecular weight is 559 g/mol. The van der Waals surface area contributed by atoms with Crippen molar-refractivity contribution in [3.05, 3.63) is 71.8 Å². The van der Waals surface area contributed by atoms with Gasteiger partial charge in [0, 0.05) is 13.0 Å². The largest absolute Gasteiger partial charge is 0.469 e. The lowest BCUT2D eigenvalue weighted by atomic mass is 9.98. The number of benzene rings is 2. The standard InChI is InChI=1S/C30H38O10/c1-36-24(32)18-12-4-2-3-5-13-19-37-30-27(40-29(35)22-16-10-7-11-17-22)26(25(33)23(20-31)38-30)39-28(34)21-14-8-6-9-15-21/h6-11,14-17,23,25-27,30-31,33H,2-5,12-13,18-20H2,1H3/t23-,25+,26+,27-,30-/m1/s1. The van der Waals surface area contributed by atoms with Crippen LogP contribution in [0.1, 0.15) is 65.7 Å². The topological polar surface area (TPSA) is 138 Å². The lowest BCUT2D eigenvalue weighted by Crippen LogP contribution is -2.61. The van der Waals surface area contributed by atoms with Gasteiger partial charge in [-0.3, -0.25) is 4.79 Å². The number of hydrogen-bond donors (Lipinski definition) is 2. The molecule has 0 saturated carbocycles. The summed E-state index contributed by atoms with van der Waals surface area (Å²) >= 11 is 0. The van der Waals surface area contributed by atoms with Gasteiger partial charge in [0.2, 0.25) is 0 Å². The maximum atomic E-state index is 12.9. The molecule has 1 fully saturated rings. The van der Waals surface area contributed by atoms with Crippen molar-refractivity contribution in [1.82, 2.24) is 0 Å². The van der Waals surface area contributed by atoms with Crippen molar-refractivity contribution >= 4 is 17.9 Å². The summed E-state index contributed by atoms with van der Waals surface area (Å²) in [5.74, 6) is -1.64. The Balaban J connectivity index is 1.64. The van der Waals surface area contributed by atoms with Crippen LogP contribution >= 0.6 is 0 Å². The molecule has 10 heteroatoms. The van der Waals surface area contributed by atoms with Gasteiger partial charge in [-0.05, 0) is 37.1 Å². The molecule has 0 radical (unpaired) electrons. The van der Waals surface area contributed by atoms with E-state index in [4.69, 9.17) is 18.9 Å². The summed E-state index contributed by atoms with van der Waals surface area (Å²) in [4.78, 5) is 37.0. The predicted octanol–water partition coefficient (Wildman–Crippen LogP) is 3.44. The van der Waals surface area contributed by atoms with Crippen LogP contribution in [0.2, 0.25) is 0 Å². The Hall–Kier alpha value is -3.31. The van der Waals surface area contributed by atoms with Crippen LogP contribution in [-0.2, 0) is 28.5 Å². The first-order valence-corrected chi connectivity index (χ1v) is 13.6. The van der Waals surface area contributed by atoms with Gasteiger partial charge in [0.25, 0.3) is 0 Å². The minimum absolute atomic E-state index is 0.206. The average Bonchev–Trinajstić information content (AvgIpc) is 2.99. The van der Waals surface area contributed by atoms with Gasteiger partial charge >= 0.3 is 17.9 Å². The molecule has 10 nitrogen and oxygen atoms in total. The molecular weight excluding hydrogens is 520 g/mol. The Kier molecular flexibility index (Phi) is 13.0. The molecular formula is C30H38O10. The summed E-state index contributed by atoms with van der Waals surface area (Å²) < 4.78 is 27.7. The SMILES string of the molecule is COC(=O)CCCCCCCCO[C@@H]1O[C@H](CO)[C@H](O)[C@H](OC(=O)c2ccccc2)[C@H]1OC(=O)c1ccccc1. The summed E-state index contributed by atoms with van der Waals surface area (Å²) in [6.07, 6.45) is -0.890. The number of hydrogen-bond acceptors (Lipinski definition) is 10. The highest BCUT2D eigenvalue weighted by Gasteiger charge is 2.50. The number of ether oxygens (including phenoxy) is 5. The quantitative estimate of drug-likeness (QED) is 0.190. The van der Waals surface area contributed by atoms with Crippen molar-refractivity contribution in [1.29, 1.82) is 0 Å². The highest BCUT2D eigenvalue weighted by atomic mass is 16.7. The first-order chi connectivity index (χ1) is 19.4. The number of aliphatic hydroxyl groups is 2. The van der Waals surface area contributed by atoms with E-state index in [1.54, 1.807) is 60.7 Å². The van der Waals surface area contributed by atoms with Crippen LogP contribution in [0.3, 0.4) is 0 Å². The number of aliphatic hydroxyl groups excluding tert-OH is 2. The molecule has 0 aliphatic carbocycles. The fourth-order valence-electron chi connectivity index (χ4n) is 4.35. The minimum Gasteiger partial charge on any atom is -0.469 e. The molecule has 0 unspecified atom stereocenters. The second kappa shape index (κ2) is 16.7. The zero-order valence-corrected chi connectivity index (χ0v) is 22.7. The number of esters is 3. The van der Waals surface area contributed by atoms with Gasteiger partial charge in [0.15, 0.2) is 18.5 Å². The number of rotatable bonds is 15. The number of carbonyl (C=O) groups excluding carboxylic acids is 3. The zero-order valence-electron chi connectivity index (χ0n) is 22.7. The van der Waals surface area contributed by atoms with Crippen LogP contribution in [0.15, 0.2) is 60.7 Å². The third-order valence-corrected chi connectivity index (χ3v) is 6.59. The molecule has 0 amide bonds. The lowest BCUT2D eigenvalue weighted by molar-refractivity contribution is -0.299. The Morgan fingerprint density at radius 3 is 1.85 bits per heavy atom. The molecule has 40 heavy (non-hydrogen) atoms. The Morgan fingerprint density at radius 1 is 0.775 bits per heavy atom. The number of unbranched alkanes of at least 4 members (excludes halogenated alkanes) is 5. The van der Waals surface area contributed by atoms with Crippen molar-refractivity contribution in [2.45, 2.75) is 75.7 Å². The summed E-state index contributed by atoms with van der Waals surface area (Å²) in [5.41, 5.74) is 0.513. The second-order valence-electron chi connectivity index (χ2n) is 9.51. The van der Waals surface area contributed by atoms with E-state index in [1.165, 1.54) is 7.11 Å². The van der Waals surface area contributed by atoms with E-state index < -0.39 is 49.3 Å². The van der Waals surface area contributed by atoms with Crippen LogP contribution in [0.25, 0.3) is 0 Å². The molecule has 0 aromatic heterocycles. The highest BCUT2D eigenvalue weighted by molar-refractivity contribution is 5.90. The zero-order chi connectivity index (χ0) is 28.7.